The minimum atomic E-state index is -1.28. The SMILES string of the molecule is NC1NC(=O)C2=C(N=C[C@H](CCc3ccc(C(=O)N[C@@H](CCC(=O)O)C(=O)O)cc3)C2)N1. The molecule has 2 aliphatic rings. The van der Waals surface area contributed by atoms with E-state index in [1.807, 2.05) is 6.21 Å². The van der Waals surface area contributed by atoms with Gasteiger partial charge >= 0.3 is 11.9 Å². The fourth-order valence-corrected chi connectivity index (χ4v) is 3.52. The molecule has 2 amide bonds. The monoisotopic (exact) mass is 443 g/mol. The second-order valence-corrected chi connectivity index (χ2v) is 7.70. The van der Waals surface area contributed by atoms with Gasteiger partial charge in [0.25, 0.3) is 11.8 Å². The maximum atomic E-state index is 12.3. The van der Waals surface area contributed by atoms with E-state index in [-0.39, 0.29) is 30.2 Å². The highest BCUT2D eigenvalue weighted by Crippen LogP contribution is 2.25. The van der Waals surface area contributed by atoms with Crippen LogP contribution in [-0.4, -0.2) is 52.5 Å². The summed E-state index contributed by atoms with van der Waals surface area (Å²) in [6, 6.07) is 5.47. The van der Waals surface area contributed by atoms with Gasteiger partial charge in [-0.3, -0.25) is 20.1 Å². The van der Waals surface area contributed by atoms with Crippen LogP contribution in [0.4, 0.5) is 0 Å². The zero-order chi connectivity index (χ0) is 23.3. The fourth-order valence-electron chi connectivity index (χ4n) is 3.52. The predicted octanol–water partition coefficient (Wildman–Crippen LogP) is -0.0690. The molecule has 3 rings (SSSR count). The number of carboxylic acid groups (broad SMARTS) is 2. The van der Waals surface area contributed by atoms with Gasteiger partial charge in [0.15, 0.2) is 6.29 Å². The van der Waals surface area contributed by atoms with Crippen molar-refractivity contribution in [1.29, 1.82) is 0 Å². The first-order chi connectivity index (χ1) is 15.2. The minimum absolute atomic E-state index is 0.0872. The van der Waals surface area contributed by atoms with Gasteiger partial charge in [-0.05, 0) is 49.3 Å². The lowest BCUT2D eigenvalue weighted by Gasteiger charge is -2.29. The normalized spacial score (nSPS) is 20.6. The maximum absolute atomic E-state index is 12.3. The third kappa shape index (κ3) is 5.91. The molecule has 32 heavy (non-hydrogen) atoms. The lowest BCUT2D eigenvalue weighted by Crippen LogP contribution is -2.56. The molecule has 2 heterocycles. The molecule has 1 unspecified atom stereocenters. The van der Waals surface area contributed by atoms with Crippen LogP contribution in [0.3, 0.4) is 0 Å². The third-order valence-corrected chi connectivity index (χ3v) is 5.29. The molecule has 0 bridgehead atoms. The van der Waals surface area contributed by atoms with Crippen molar-refractivity contribution in [1.82, 2.24) is 16.0 Å². The Kier molecular flexibility index (Phi) is 7.21. The van der Waals surface area contributed by atoms with Crippen LogP contribution in [0.1, 0.15) is 41.6 Å². The Bertz CT molecular complexity index is 971. The molecule has 170 valence electrons. The number of nitrogens with zero attached hydrogens (tertiary/aromatic N) is 1. The topological polar surface area (TPSA) is 183 Å². The van der Waals surface area contributed by atoms with Gasteiger partial charge < -0.3 is 26.2 Å². The number of hydrogen-bond donors (Lipinski definition) is 6. The smallest absolute Gasteiger partial charge is 0.326 e. The predicted molar refractivity (Wildman–Crippen MR) is 113 cm³/mol. The number of nitrogens with two attached hydrogens (primary N) is 1. The van der Waals surface area contributed by atoms with Crippen LogP contribution < -0.4 is 21.7 Å². The number of aryl methyl sites for hydroxylation is 1. The molecular formula is C21H25N5O6. The summed E-state index contributed by atoms with van der Waals surface area (Å²) in [5.41, 5.74) is 7.51. The van der Waals surface area contributed by atoms with Crippen molar-refractivity contribution in [2.75, 3.05) is 0 Å². The zero-order valence-electron chi connectivity index (χ0n) is 17.2. The average Bonchev–Trinajstić information content (AvgIpc) is 2.75. The Morgan fingerprint density at radius 3 is 2.56 bits per heavy atom. The van der Waals surface area contributed by atoms with Crippen LogP contribution in [0, 0.1) is 5.92 Å². The molecule has 0 radical (unpaired) electrons. The van der Waals surface area contributed by atoms with Gasteiger partial charge in [0, 0.05) is 18.2 Å². The summed E-state index contributed by atoms with van der Waals surface area (Å²) in [6.07, 6.45) is 2.61. The number of carboxylic acids is 2. The van der Waals surface area contributed by atoms with E-state index in [9.17, 15) is 19.2 Å². The van der Waals surface area contributed by atoms with Crippen LogP contribution >= 0.6 is 0 Å². The van der Waals surface area contributed by atoms with Crippen molar-refractivity contribution < 1.29 is 29.4 Å². The van der Waals surface area contributed by atoms with E-state index >= 15 is 0 Å². The van der Waals surface area contributed by atoms with Crippen molar-refractivity contribution in [3.05, 3.63) is 46.8 Å². The molecule has 2 aliphatic heterocycles. The van der Waals surface area contributed by atoms with Gasteiger partial charge in [-0.2, -0.15) is 0 Å². The second-order valence-electron chi connectivity index (χ2n) is 7.70. The largest absolute Gasteiger partial charge is 0.481 e. The molecule has 0 spiro atoms. The first kappa shape index (κ1) is 22.9. The molecule has 1 aromatic rings. The number of aliphatic carboxylic acids is 2. The standard InChI is InChI=1S/C21H25N5O6/c22-21-25-17-14(19(30)26-21)9-12(10-23-17)2-1-11-3-5-13(6-4-11)18(29)24-15(20(31)32)7-8-16(27)28/h3-6,10,12,15,21,25H,1-2,7-9,22H2,(H,24,29)(H,26,30)(H,27,28)(H,31,32)/t12-,15+,21?/m1/s1. The molecule has 0 saturated heterocycles. The molecule has 7 N–H and O–H groups in total. The zero-order valence-corrected chi connectivity index (χ0v) is 17.2. The number of hydrogen-bond acceptors (Lipinski definition) is 7. The van der Waals surface area contributed by atoms with Gasteiger partial charge in [0.1, 0.15) is 11.9 Å². The summed E-state index contributed by atoms with van der Waals surface area (Å²) in [5, 5.41) is 25.8. The molecule has 11 nitrogen and oxygen atoms in total. The van der Waals surface area contributed by atoms with E-state index in [1.54, 1.807) is 24.3 Å². The Morgan fingerprint density at radius 2 is 1.91 bits per heavy atom. The Morgan fingerprint density at radius 1 is 1.19 bits per heavy atom. The fraction of sp³-hybridized carbons (Fsp3) is 0.381. The van der Waals surface area contributed by atoms with E-state index in [4.69, 9.17) is 15.9 Å². The minimum Gasteiger partial charge on any atom is -0.481 e. The highest BCUT2D eigenvalue weighted by molar-refractivity contribution is 5.97. The highest BCUT2D eigenvalue weighted by atomic mass is 16.4. The molecule has 3 atom stereocenters. The molecular weight excluding hydrogens is 418 g/mol. The van der Waals surface area contributed by atoms with Crippen molar-refractivity contribution in [2.24, 2.45) is 16.6 Å². The van der Waals surface area contributed by atoms with E-state index in [0.717, 1.165) is 12.0 Å². The summed E-state index contributed by atoms with van der Waals surface area (Å²) >= 11 is 0. The van der Waals surface area contributed by atoms with Crippen LogP contribution in [0.5, 0.6) is 0 Å². The van der Waals surface area contributed by atoms with Gasteiger partial charge in [-0.1, -0.05) is 12.1 Å². The van der Waals surface area contributed by atoms with Crippen LogP contribution in [0.15, 0.2) is 40.7 Å². The highest BCUT2D eigenvalue weighted by Gasteiger charge is 2.28. The maximum Gasteiger partial charge on any atom is 0.326 e. The Hall–Kier alpha value is -3.73. The first-order valence-electron chi connectivity index (χ1n) is 10.2. The summed E-state index contributed by atoms with van der Waals surface area (Å²) in [4.78, 5) is 50.6. The number of carbonyl (C=O) groups excluding carboxylic acids is 2. The van der Waals surface area contributed by atoms with Crippen molar-refractivity contribution in [2.45, 2.75) is 44.4 Å². The molecule has 0 aliphatic carbocycles. The quantitative estimate of drug-likeness (QED) is 0.306. The van der Waals surface area contributed by atoms with E-state index in [1.165, 1.54) is 0 Å². The van der Waals surface area contributed by atoms with Gasteiger partial charge in [0.05, 0.1) is 5.57 Å². The third-order valence-electron chi connectivity index (χ3n) is 5.29. The van der Waals surface area contributed by atoms with Crippen LogP contribution in [-0.2, 0) is 20.8 Å². The molecule has 11 heteroatoms. The van der Waals surface area contributed by atoms with Crippen LogP contribution in [0.25, 0.3) is 0 Å². The number of carbonyl (C=O) groups is 4. The molecule has 0 fully saturated rings. The number of rotatable bonds is 9. The van der Waals surface area contributed by atoms with E-state index in [0.29, 0.717) is 24.2 Å². The van der Waals surface area contributed by atoms with Gasteiger partial charge in [-0.15, -0.1) is 0 Å². The van der Waals surface area contributed by atoms with E-state index in [2.05, 4.69) is 20.9 Å². The van der Waals surface area contributed by atoms with Crippen LogP contribution in [0.2, 0.25) is 0 Å². The molecule has 0 saturated carbocycles. The lowest BCUT2D eigenvalue weighted by atomic mass is 9.91. The lowest BCUT2D eigenvalue weighted by molar-refractivity contribution is -0.140. The van der Waals surface area contributed by atoms with Crippen molar-refractivity contribution in [3.63, 3.8) is 0 Å². The first-order valence-corrected chi connectivity index (χ1v) is 10.2. The van der Waals surface area contributed by atoms with Crippen molar-refractivity contribution in [3.8, 4) is 0 Å². The Labute approximate surface area is 183 Å². The number of nitrogens with one attached hydrogen (secondary N) is 3. The van der Waals surface area contributed by atoms with Gasteiger partial charge in [-0.25, -0.2) is 9.79 Å². The summed E-state index contributed by atoms with van der Waals surface area (Å²) in [7, 11) is 0. The average molecular weight is 443 g/mol. The Balaban J connectivity index is 1.52. The number of amides is 2. The molecule has 1 aromatic carbocycles. The number of aliphatic imine (C=N–C) groups is 1. The van der Waals surface area contributed by atoms with Gasteiger partial charge in [0.2, 0.25) is 0 Å². The molecule has 0 aromatic heterocycles. The van der Waals surface area contributed by atoms with Crippen molar-refractivity contribution >= 4 is 30.0 Å². The second kappa shape index (κ2) is 10.1. The summed E-state index contributed by atoms with van der Waals surface area (Å²) < 4.78 is 0. The summed E-state index contributed by atoms with van der Waals surface area (Å²) in [6.45, 7) is 0. The number of benzene rings is 1. The van der Waals surface area contributed by atoms with E-state index < -0.39 is 30.2 Å². The summed E-state index contributed by atoms with van der Waals surface area (Å²) in [5.74, 6) is -2.62.